The smallest absolute Gasteiger partial charge is 0.234 e. The highest BCUT2D eigenvalue weighted by Crippen LogP contribution is 2.30. The van der Waals surface area contributed by atoms with E-state index in [4.69, 9.17) is 4.98 Å². The fraction of sp³-hybridized carbons (Fsp3) is 0.476. The average Bonchev–Trinajstić information content (AvgIpc) is 3.07. The van der Waals surface area contributed by atoms with Gasteiger partial charge in [-0.15, -0.1) is 10.2 Å². The van der Waals surface area contributed by atoms with E-state index in [1.165, 1.54) is 11.8 Å². The van der Waals surface area contributed by atoms with Gasteiger partial charge in [-0.2, -0.15) is 5.26 Å². The largest absolute Gasteiger partial charge is 0.337 e. The summed E-state index contributed by atoms with van der Waals surface area (Å²) in [6, 6.07) is 10.4. The molecular weight excluding hydrogens is 384 g/mol. The molecule has 3 aromatic rings. The molecule has 1 amide bonds. The number of nitriles is 1. The molecule has 1 fully saturated rings. The van der Waals surface area contributed by atoms with Gasteiger partial charge in [-0.25, -0.2) is 4.98 Å². The summed E-state index contributed by atoms with van der Waals surface area (Å²) in [7, 11) is 0. The molecule has 150 valence electrons. The van der Waals surface area contributed by atoms with Gasteiger partial charge in [0.15, 0.2) is 5.65 Å². The Kier molecular flexibility index (Phi) is 5.41. The maximum Gasteiger partial charge on any atom is 0.234 e. The molecule has 2 aromatic heterocycles. The van der Waals surface area contributed by atoms with Gasteiger partial charge in [0, 0.05) is 11.9 Å². The highest BCUT2D eigenvalue weighted by Gasteiger charge is 2.35. The molecule has 1 saturated carbocycles. The van der Waals surface area contributed by atoms with Crippen LogP contribution in [0, 0.1) is 11.3 Å². The summed E-state index contributed by atoms with van der Waals surface area (Å²) in [5.41, 5.74) is 1.89. The molecule has 7 nitrogen and oxygen atoms in total. The SMILES string of the molecule is CCn1c2ccccc2c2nnc(S[C@H](C)C(=O)NC3(C#N)CCCCC3)nc21. The van der Waals surface area contributed by atoms with Crippen LogP contribution in [0.1, 0.15) is 46.0 Å². The van der Waals surface area contributed by atoms with E-state index < -0.39 is 10.8 Å². The molecule has 0 radical (unpaired) electrons. The number of hydrogen-bond acceptors (Lipinski definition) is 6. The number of fused-ring (bicyclic) bond motifs is 3. The monoisotopic (exact) mass is 408 g/mol. The first-order valence-electron chi connectivity index (χ1n) is 10.1. The van der Waals surface area contributed by atoms with Gasteiger partial charge in [0.25, 0.3) is 0 Å². The van der Waals surface area contributed by atoms with E-state index >= 15 is 0 Å². The van der Waals surface area contributed by atoms with Gasteiger partial charge in [0.1, 0.15) is 11.1 Å². The third-order valence-electron chi connectivity index (χ3n) is 5.61. The van der Waals surface area contributed by atoms with Crippen molar-refractivity contribution in [2.45, 2.75) is 68.4 Å². The van der Waals surface area contributed by atoms with Gasteiger partial charge < -0.3 is 9.88 Å². The Balaban J connectivity index is 1.56. The maximum atomic E-state index is 12.7. The summed E-state index contributed by atoms with van der Waals surface area (Å²) in [5.74, 6) is -0.154. The summed E-state index contributed by atoms with van der Waals surface area (Å²) >= 11 is 1.27. The van der Waals surface area contributed by atoms with E-state index in [-0.39, 0.29) is 5.91 Å². The highest BCUT2D eigenvalue weighted by molar-refractivity contribution is 8.00. The third kappa shape index (κ3) is 3.67. The second-order valence-electron chi connectivity index (χ2n) is 7.53. The van der Waals surface area contributed by atoms with Crippen LogP contribution in [-0.2, 0) is 11.3 Å². The van der Waals surface area contributed by atoms with Crippen LogP contribution in [0.4, 0.5) is 0 Å². The van der Waals surface area contributed by atoms with Gasteiger partial charge in [0.2, 0.25) is 11.1 Å². The molecule has 0 unspecified atom stereocenters. The van der Waals surface area contributed by atoms with E-state index in [0.29, 0.717) is 18.0 Å². The molecular formula is C21H24N6OS. The normalized spacial score (nSPS) is 17.1. The molecule has 1 aliphatic rings. The molecule has 1 aliphatic carbocycles. The predicted molar refractivity (Wildman–Crippen MR) is 113 cm³/mol. The molecule has 29 heavy (non-hydrogen) atoms. The standard InChI is InChI=1S/C21H24N6OS/c1-3-27-16-10-6-5-9-15(16)17-18(27)23-20(26-25-17)29-14(2)19(28)24-21(13-22)11-7-4-8-12-21/h5-6,9-10,14H,3-4,7-8,11-12H2,1-2H3,(H,24,28)/t14-/m1/s1. The number of hydrogen-bond donors (Lipinski definition) is 1. The number of benzene rings is 1. The molecule has 0 bridgehead atoms. The molecule has 1 atom stereocenters. The Morgan fingerprint density at radius 3 is 2.79 bits per heavy atom. The molecule has 2 heterocycles. The van der Waals surface area contributed by atoms with Crippen LogP contribution < -0.4 is 5.32 Å². The Morgan fingerprint density at radius 2 is 2.07 bits per heavy atom. The number of carbonyl (C=O) groups is 1. The first-order chi connectivity index (χ1) is 14.1. The van der Waals surface area contributed by atoms with Gasteiger partial charge in [-0.1, -0.05) is 49.2 Å². The van der Waals surface area contributed by atoms with Crippen LogP contribution in [-0.4, -0.2) is 36.4 Å². The average molecular weight is 409 g/mol. The Hall–Kier alpha value is -2.66. The zero-order valence-corrected chi connectivity index (χ0v) is 17.5. The van der Waals surface area contributed by atoms with E-state index in [1.54, 1.807) is 0 Å². The minimum atomic E-state index is -0.734. The lowest BCUT2D eigenvalue weighted by molar-refractivity contribution is -0.121. The number of para-hydroxylation sites is 1. The zero-order chi connectivity index (χ0) is 20.4. The molecule has 1 N–H and O–H groups in total. The number of rotatable bonds is 5. The Morgan fingerprint density at radius 1 is 1.31 bits per heavy atom. The van der Waals surface area contributed by atoms with Crippen LogP contribution in [0.2, 0.25) is 0 Å². The van der Waals surface area contributed by atoms with E-state index in [0.717, 1.165) is 47.9 Å². The number of aromatic nitrogens is 4. The lowest BCUT2D eigenvalue weighted by Crippen LogP contribution is -2.50. The number of nitrogens with zero attached hydrogens (tertiary/aromatic N) is 5. The van der Waals surface area contributed by atoms with Gasteiger partial charge in [-0.3, -0.25) is 4.79 Å². The van der Waals surface area contributed by atoms with Crippen molar-refractivity contribution in [3.63, 3.8) is 0 Å². The number of aryl methyl sites for hydroxylation is 1. The highest BCUT2D eigenvalue weighted by atomic mass is 32.2. The minimum absolute atomic E-state index is 0.154. The van der Waals surface area contributed by atoms with Crippen LogP contribution in [0.15, 0.2) is 29.4 Å². The van der Waals surface area contributed by atoms with Crippen molar-refractivity contribution >= 4 is 39.7 Å². The minimum Gasteiger partial charge on any atom is -0.337 e. The third-order valence-corrected chi connectivity index (χ3v) is 6.56. The number of nitrogens with one attached hydrogen (secondary N) is 1. The zero-order valence-electron chi connectivity index (χ0n) is 16.7. The van der Waals surface area contributed by atoms with Crippen molar-refractivity contribution < 1.29 is 4.79 Å². The fourth-order valence-electron chi connectivity index (χ4n) is 4.03. The Bertz CT molecular complexity index is 1100. The summed E-state index contributed by atoms with van der Waals surface area (Å²) in [5, 5.41) is 22.3. The van der Waals surface area contributed by atoms with E-state index in [9.17, 15) is 10.1 Å². The molecule has 0 saturated heterocycles. The van der Waals surface area contributed by atoms with Crippen LogP contribution in [0.25, 0.3) is 22.1 Å². The fourth-order valence-corrected chi connectivity index (χ4v) is 4.74. The van der Waals surface area contributed by atoms with Crippen molar-refractivity contribution in [3.8, 4) is 6.07 Å². The lowest BCUT2D eigenvalue weighted by Gasteiger charge is -2.32. The molecule has 1 aromatic carbocycles. The van der Waals surface area contributed by atoms with Gasteiger partial charge in [0.05, 0.1) is 16.8 Å². The first kappa shape index (κ1) is 19.6. The lowest BCUT2D eigenvalue weighted by atomic mass is 9.83. The van der Waals surface area contributed by atoms with E-state index in [2.05, 4.69) is 39.1 Å². The van der Waals surface area contributed by atoms with Gasteiger partial charge >= 0.3 is 0 Å². The quantitative estimate of drug-likeness (QED) is 0.645. The summed E-state index contributed by atoms with van der Waals surface area (Å²) < 4.78 is 2.11. The number of carbonyl (C=O) groups excluding carboxylic acids is 1. The Labute approximate surface area is 173 Å². The van der Waals surface area contributed by atoms with Crippen LogP contribution in [0.5, 0.6) is 0 Å². The molecule has 0 aliphatic heterocycles. The summed E-state index contributed by atoms with van der Waals surface area (Å²) in [6.45, 7) is 4.66. The van der Waals surface area contributed by atoms with Crippen molar-refractivity contribution in [2.24, 2.45) is 0 Å². The summed E-state index contributed by atoms with van der Waals surface area (Å²) in [6.07, 6.45) is 4.50. The van der Waals surface area contributed by atoms with Gasteiger partial charge in [-0.05, 0) is 32.8 Å². The molecule has 8 heteroatoms. The maximum absolute atomic E-state index is 12.7. The van der Waals surface area contributed by atoms with Crippen LogP contribution >= 0.6 is 11.8 Å². The van der Waals surface area contributed by atoms with Crippen molar-refractivity contribution in [1.29, 1.82) is 5.26 Å². The second-order valence-corrected chi connectivity index (χ2v) is 8.84. The first-order valence-corrected chi connectivity index (χ1v) is 11.0. The van der Waals surface area contributed by atoms with Crippen molar-refractivity contribution in [3.05, 3.63) is 24.3 Å². The molecule has 4 rings (SSSR count). The predicted octanol–water partition coefficient (Wildman–Crippen LogP) is 3.82. The van der Waals surface area contributed by atoms with E-state index in [1.807, 2.05) is 25.1 Å². The topological polar surface area (TPSA) is 96.5 Å². The van der Waals surface area contributed by atoms with Crippen molar-refractivity contribution in [1.82, 2.24) is 25.1 Å². The second kappa shape index (κ2) is 7.99. The van der Waals surface area contributed by atoms with Crippen molar-refractivity contribution in [2.75, 3.05) is 0 Å². The number of amides is 1. The molecule has 0 spiro atoms. The summed E-state index contributed by atoms with van der Waals surface area (Å²) in [4.78, 5) is 17.4. The number of thioether (sulfide) groups is 1. The van der Waals surface area contributed by atoms with Crippen LogP contribution in [0.3, 0.4) is 0 Å².